The predicted molar refractivity (Wildman–Crippen MR) is 170 cm³/mol. The molecule has 234 valence electrons. The summed E-state index contributed by atoms with van der Waals surface area (Å²) < 4.78 is 4.92. The number of piperidine rings is 1. The van der Waals surface area contributed by atoms with E-state index in [4.69, 9.17) is 16.2 Å². The number of carbonyl (C=O) groups is 3. The van der Waals surface area contributed by atoms with Crippen molar-refractivity contribution in [1.82, 2.24) is 20.0 Å². The van der Waals surface area contributed by atoms with Gasteiger partial charge in [0, 0.05) is 44.8 Å². The van der Waals surface area contributed by atoms with Crippen LogP contribution in [0, 0.1) is 0 Å². The average Bonchev–Trinajstić information content (AvgIpc) is 3.36. The Morgan fingerprint density at radius 1 is 1.07 bits per heavy atom. The van der Waals surface area contributed by atoms with Gasteiger partial charge in [0.15, 0.2) is 11.7 Å². The highest BCUT2D eigenvalue weighted by molar-refractivity contribution is 5.92. The van der Waals surface area contributed by atoms with Crippen molar-refractivity contribution in [2.75, 3.05) is 46.5 Å². The quantitative estimate of drug-likeness (QED) is 0.152. The van der Waals surface area contributed by atoms with Gasteiger partial charge in [0.25, 0.3) is 0 Å². The van der Waals surface area contributed by atoms with Crippen LogP contribution in [0.5, 0.6) is 0 Å². The van der Waals surface area contributed by atoms with Crippen LogP contribution in [0.4, 0.5) is 0 Å². The van der Waals surface area contributed by atoms with Gasteiger partial charge in [0.05, 0.1) is 25.9 Å². The molecule has 11 nitrogen and oxygen atoms in total. The summed E-state index contributed by atoms with van der Waals surface area (Å²) in [6.07, 6.45) is 8.69. The molecule has 2 saturated heterocycles. The van der Waals surface area contributed by atoms with E-state index < -0.39 is 12.0 Å². The number of ketones is 1. The number of likely N-dealkylation sites (tertiary alicyclic amines) is 1. The highest BCUT2D eigenvalue weighted by Crippen LogP contribution is 2.39. The minimum atomic E-state index is -0.776. The van der Waals surface area contributed by atoms with E-state index >= 15 is 0 Å². The second-order valence-corrected chi connectivity index (χ2v) is 11.9. The first kappa shape index (κ1) is 31.2. The first-order valence-corrected chi connectivity index (χ1v) is 15.3. The van der Waals surface area contributed by atoms with Crippen LogP contribution >= 0.6 is 0 Å². The minimum Gasteiger partial charge on any atom is -0.467 e. The summed E-state index contributed by atoms with van der Waals surface area (Å²) >= 11 is 0. The maximum absolute atomic E-state index is 13.2. The largest absolute Gasteiger partial charge is 0.467 e. The van der Waals surface area contributed by atoms with Gasteiger partial charge >= 0.3 is 5.97 Å². The van der Waals surface area contributed by atoms with E-state index in [0.29, 0.717) is 32.5 Å². The lowest BCUT2D eigenvalue weighted by Gasteiger charge is -2.46. The highest BCUT2D eigenvalue weighted by Gasteiger charge is 2.47. The molecule has 3 aliphatic rings. The molecule has 5 rings (SSSR count). The van der Waals surface area contributed by atoms with Gasteiger partial charge in [-0.1, -0.05) is 48.5 Å². The third-order valence-electron chi connectivity index (χ3n) is 8.89. The normalized spacial score (nSPS) is 19.2. The second-order valence-electron chi connectivity index (χ2n) is 11.9. The molecule has 2 fully saturated rings. The van der Waals surface area contributed by atoms with E-state index in [9.17, 15) is 14.4 Å². The molecule has 0 bridgehead atoms. The number of carbonyl (C=O) groups excluding carboxylic acids is 3. The zero-order valence-corrected chi connectivity index (χ0v) is 25.4. The van der Waals surface area contributed by atoms with Crippen molar-refractivity contribution >= 4 is 34.4 Å². The number of nitrogens with one attached hydrogen (secondary N) is 1. The number of nitrogens with two attached hydrogens (primary N) is 2. The van der Waals surface area contributed by atoms with Gasteiger partial charge < -0.3 is 26.4 Å². The SMILES string of the molecule is COC(=O)[C@H](CCCN=C(N)N)NC(=O)CN1CN(C2=CCC(=O)C=C2)C2(CCN(Cc3cccc4ccccc34)CC2)C1. The Morgan fingerprint density at radius 2 is 1.84 bits per heavy atom. The van der Waals surface area contributed by atoms with Crippen LogP contribution in [0.15, 0.2) is 71.4 Å². The number of allylic oxidation sites excluding steroid dienone is 3. The third kappa shape index (κ3) is 7.46. The minimum absolute atomic E-state index is 0.0112. The maximum atomic E-state index is 13.2. The number of guanidine groups is 1. The van der Waals surface area contributed by atoms with Gasteiger partial charge in [0.1, 0.15) is 6.04 Å². The molecular formula is C33H43N7O4. The van der Waals surface area contributed by atoms with Gasteiger partial charge in [-0.25, -0.2) is 4.79 Å². The highest BCUT2D eigenvalue weighted by atomic mass is 16.5. The van der Waals surface area contributed by atoms with E-state index in [1.165, 1.54) is 23.4 Å². The van der Waals surface area contributed by atoms with E-state index in [0.717, 1.165) is 44.7 Å². The number of nitrogens with zero attached hydrogens (tertiary/aromatic N) is 4. The first-order valence-electron chi connectivity index (χ1n) is 15.3. The number of benzene rings is 2. The molecule has 5 N–H and O–H groups in total. The van der Waals surface area contributed by atoms with Crippen LogP contribution in [0.3, 0.4) is 0 Å². The molecule has 2 heterocycles. The van der Waals surface area contributed by atoms with Crippen LogP contribution < -0.4 is 16.8 Å². The van der Waals surface area contributed by atoms with Crippen LogP contribution in [-0.4, -0.2) is 96.4 Å². The molecule has 0 saturated carbocycles. The van der Waals surface area contributed by atoms with Crippen molar-refractivity contribution in [3.63, 3.8) is 0 Å². The third-order valence-corrected chi connectivity index (χ3v) is 8.89. The number of methoxy groups -OCH3 is 1. The van der Waals surface area contributed by atoms with Crippen molar-refractivity contribution in [3.8, 4) is 0 Å². The number of hydrogen-bond acceptors (Lipinski definition) is 8. The monoisotopic (exact) mass is 601 g/mol. The van der Waals surface area contributed by atoms with Gasteiger partial charge in [-0.2, -0.15) is 0 Å². The number of hydrogen-bond donors (Lipinski definition) is 3. The molecule has 2 aliphatic heterocycles. The summed E-state index contributed by atoms with van der Waals surface area (Å²) in [4.78, 5) is 48.5. The summed E-state index contributed by atoms with van der Waals surface area (Å²) in [5.74, 6) is -0.654. The molecule has 0 unspecified atom stereocenters. The summed E-state index contributed by atoms with van der Waals surface area (Å²) in [6.45, 7) is 4.53. The lowest BCUT2D eigenvalue weighted by molar-refractivity contribution is -0.145. The van der Waals surface area contributed by atoms with Gasteiger partial charge in [-0.05, 0) is 54.2 Å². The van der Waals surface area contributed by atoms with Gasteiger partial charge in [-0.3, -0.25) is 24.4 Å². The zero-order chi connectivity index (χ0) is 31.1. The summed E-state index contributed by atoms with van der Waals surface area (Å²) in [5, 5.41) is 5.40. The van der Waals surface area contributed by atoms with E-state index in [1.807, 2.05) is 12.2 Å². The van der Waals surface area contributed by atoms with Crippen molar-refractivity contribution in [1.29, 1.82) is 0 Å². The molecule has 44 heavy (non-hydrogen) atoms. The molecule has 1 aliphatic carbocycles. The van der Waals surface area contributed by atoms with Crippen LogP contribution in [0.2, 0.25) is 0 Å². The van der Waals surface area contributed by atoms with E-state index in [2.05, 4.69) is 67.5 Å². The Labute approximate surface area is 258 Å². The number of esters is 1. The summed E-state index contributed by atoms with van der Waals surface area (Å²) in [5.41, 5.74) is 13.0. The molecule has 1 atom stereocenters. The van der Waals surface area contributed by atoms with Crippen molar-refractivity contribution in [2.45, 2.75) is 50.2 Å². The number of amides is 1. The lowest BCUT2D eigenvalue weighted by Crippen LogP contribution is -2.53. The molecule has 2 aromatic carbocycles. The van der Waals surface area contributed by atoms with Crippen molar-refractivity contribution in [2.24, 2.45) is 16.5 Å². The Kier molecular flexibility index (Phi) is 9.96. The van der Waals surface area contributed by atoms with Crippen LogP contribution in [-0.2, 0) is 25.7 Å². The first-order chi connectivity index (χ1) is 21.3. The molecule has 0 radical (unpaired) electrons. The number of aliphatic imine (C=N–C) groups is 1. The van der Waals surface area contributed by atoms with Crippen LogP contribution in [0.1, 0.15) is 37.7 Å². The van der Waals surface area contributed by atoms with Crippen molar-refractivity contribution in [3.05, 3.63) is 72.0 Å². The average molecular weight is 602 g/mol. The smallest absolute Gasteiger partial charge is 0.328 e. The van der Waals surface area contributed by atoms with Gasteiger partial charge in [-0.15, -0.1) is 0 Å². The maximum Gasteiger partial charge on any atom is 0.328 e. The second kappa shape index (κ2) is 14.0. The Balaban J connectivity index is 1.25. The fourth-order valence-electron chi connectivity index (χ4n) is 6.65. The Bertz CT molecular complexity index is 1450. The summed E-state index contributed by atoms with van der Waals surface area (Å²) in [7, 11) is 1.31. The molecule has 1 amide bonds. The summed E-state index contributed by atoms with van der Waals surface area (Å²) in [6, 6.07) is 14.2. The van der Waals surface area contributed by atoms with Crippen molar-refractivity contribution < 1.29 is 19.1 Å². The predicted octanol–water partition coefficient (Wildman–Crippen LogP) is 1.87. The molecule has 0 aromatic heterocycles. The van der Waals surface area contributed by atoms with Crippen LogP contribution in [0.25, 0.3) is 10.8 Å². The topological polar surface area (TPSA) is 147 Å². The molecule has 2 aromatic rings. The molecule has 1 spiro atoms. The van der Waals surface area contributed by atoms with Gasteiger partial charge in [0.2, 0.25) is 5.91 Å². The number of ether oxygens (including phenoxy) is 1. The Hall–Kier alpha value is -4.22. The fraction of sp³-hybridized carbons (Fsp3) is 0.455. The zero-order valence-electron chi connectivity index (χ0n) is 25.4. The fourth-order valence-corrected chi connectivity index (χ4v) is 6.65. The molecular weight excluding hydrogens is 558 g/mol. The standard InChI is InChI=1S/C33H43N7O4/c1-44-31(43)29(10-5-17-36-32(34)35)37-30(42)21-39-22-33(40(23-39)26-11-13-27(41)14-12-26)15-18-38(19-16-33)20-25-8-4-7-24-6-2-3-9-28(24)25/h2-4,6-9,11-13,29H,5,10,14-23H2,1H3,(H,37,42)(H4,34,35,36)/t29-/m0/s1. The molecule has 11 heteroatoms. The van der Waals surface area contributed by atoms with E-state index in [-0.39, 0.29) is 29.7 Å². The Morgan fingerprint density at radius 3 is 2.57 bits per heavy atom. The number of rotatable bonds is 11. The van der Waals surface area contributed by atoms with E-state index in [1.54, 1.807) is 6.08 Å². The lowest BCUT2D eigenvalue weighted by atomic mass is 9.85. The number of fused-ring (bicyclic) bond motifs is 1.